The zero-order valence-corrected chi connectivity index (χ0v) is 11.8. The van der Waals surface area contributed by atoms with Crippen LogP contribution in [0.4, 0.5) is 17.6 Å². The predicted molar refractivity (Wildman–Crippen MR) is 71.2 cm³/mol. The van der Waals surface area contributed by atoms with Crippen molar-refractivity contribution in [2.45, 2.75) is 38.5 Å². The van der Waals surface area contributed by atoms with Crippen molar-refractivity contribution in [2.24, 2.45) is 5.92 Å². The average Bonchev–Trinajstić information content (AvgIpc) is 2.45. The van der Waals surface area contributed by atoms with Crippen molar-refractivity contribution < 1.29 is 22.3 Å². The zero-order valence-electron chi connectivity index (χ0n) is 11.8. The van der Waals surface area contributed by atoms with Crippen molar-refractivity contribution in [3.05, 3.63) is 35.1 Å². The van der Waals surface area contributed by atoms with E-state index in [1.54, 1.807) is 0 Å². The van der Waals surface area contributed by atoms with Gasteiger partial charge in [0.05, 0.1) is 5.56 Å². The van der Waals surface area contributed by atoms with Crippen LogP contribution in [0.25, 0.3) is 0 Å². The standard InChI is InChI=1S/C15H19F4NO/c1-10(12-4-6-21-7-5-12)20-9-11-2-3-14(16)13(8-11)15(17,18)19/h2-3,8,10,12,20H,4-7,9H2,1H3. The third-order valence-corrected chi connectivity index (χ3v) is 3.94. The summed E-state index contributed by atoms with van der Waals surface area (Å²) in [7, 11) is 0. The Kier molecular flexibility index (Phi) is 5.22. The Hall–Kier alpha value is -1.14. The molecule has 0 spiro atoms. The first-order valence-electron chi connectivity index (χ1n) is 7.04. The average molecular weight is 305 g/mol. The molecule has 1 N–H and O–H groups in total. The Labute approximate surface area is 121 Å². The molecule has 1 unspecified atom stereocenters. The number of hydrogen-bond donors (Lipinski definition) is 1. The van der Waals surface area contributed by atoms with Crippen molar-refractivity contribution in [2.75, 3.05) is 13.2 Å². The summed E-state index contributed by atoms with van der Waals surface area (Å²) in [6, 6.07) is 3.32. The van der Waals surface area contributed by atoms with Gasteiger partial charge in [0.15, 0.2) is 0 Å². The van der Waals surface area contributed by atoms with Crippen LogP contribution in [-0.2, 0) is 17.5 Å². The molecule has 0 amide bonds. The van der Waals surface area contributed by atoms with Gasteiger partial charge in [0.1, 0.15) is 5.82 Å². The molecule has 0 bridgehead atoms. The molecular weight excluding hydrogens is 286 g/mol. The largest absolute Gasteiger partial charge is 0.419 e. The highest BCUT2D eigenvalue weighted by Crippen LogP contribution is 2.32. The number of rotatable bonds is 4. The minimum Gasteiger partial charge on any atom is -0.381 e. The van der Waals surface area contributed by atoms with Gasteiger partial charge in [-0.15, -0.1) is 0 Å². The molecule has 1 saturated heterocycles. The molecule has 118 valence electrons. The number of alkyl halides is 3. The van der Waals surface area contributed by atoms with E-state index < -0.39 is 17.6 Å². The fraction of sp³-hybridized carbons (Fsp3) is 0.600. The van der Waals surface area contributed by atoms with Gasteiger partial charge in [-0.1, -0.05) is 6.07 Å². The van der Waals surface area contributed by atoms with Gasteiger partial charge in [-0.25, -0.2) is 4.39 Å². The molecule has 0 radical (unpaired) electrons. The highest BCUT2D eigenvalue weighted by molar-refractivity contribution is 5.27. The summed E-state index contributed by atoms with van der Waals surface area (Å²) in [5, 5.41) is 3.22. The quantitative estimate of drug-likeness (QED) is 0.856. The highest BCUT2D eigenvalue weighted by atomic mass is 19.4. The molecule has 0 saturated carbocycles. The molecular formula is C15H19F4NO. The summed E-state index contributed by atoms with van der Waals surface area (Å²) in [5.41, 5.74) is -0.775. The van der Waals surface area contributed by atoms with Gasteiger partial charge < -0.3 is 10.1 Å². The summed E-state index contributed by atoms with van der Waals surface area (Å²) in [5.74, 6) is -0.773. The molecule has 0 aromatic heterocycles. The van der Waals surface area contributed by atoms with Crippen LogP contribution in [0.2, 0.25) is 0 Å². The second-order valence-corrected chi connectivity index (χ2v) is 5.43. The predicted octanol–water partition coefficient (Wildman–Crippen LogP) is 3.75. The lowest BCUT2D eigenvalue weighted by Gasteiger charge is -2.28. The molecule has 21 heavy (non-hydrogen) atoms. The number of nitrogens with one attached hydrogen (secondary N) is 1. The summed E-state index contributed by atoms with van der Waals surface area (Å²) in [6.07, 6.45) is -2.76. The van der Waals surface area contributed by atoms with E-state index in [4.69, 9.17) is 4.74 Å². The number of ether oxygens (including phenoxy) is 1. The molecule has 1 fully saturated rings. The SMILES string of the molecule is CC(NCc1ccc(F)c(C(F)(F)F)c1)C1CCOCC1. The van der Waals surface area contributed by atoms with Gasteiger partial charge in [-0.2, -0.15) is 13.2 Å². The molecule has 6 heteroatoms. The van der Waals surface area contributed by atoms with Crippen molar-refractivity contribution in [3.8, 4) is 0 Å². The third-order valence-electron chi connectivity index (χ3n) is 3.94. The van der Waals surface area contributed by atoms with E-state index in [1.807, 2.05) is 6.92 Å². The van der Waals surface area contributed by atoms with E-state index in [9.17, 15) is 17.6 Å². The monoisotopic (exact) mass is 305 g/mol. The Morgan fingerprint density at radius 3 is 2.57 bits per heavy atom. The van der Waals surface area contributed by atoms with Crippen molar-refractivity contribution >= 4 is 0 Å². The van der Waals surface area contributed by atoms with Crippen LogP contribution >= 0.6 is 0 Å². The van der Waals surface area contributed by atoms with Gasteiger partial charge >= 0.3 is 6.18 Å². The van der Waals surface area contributed by atoms with Crippen molar-refractivity contribution in [1.82, 2.24) is 5.32 Å². The highest BCUT2D eigenvalue weighted by Gasteiger charge is 2.34. The molecule has 1 aliphatic heterocycles. The van der Waals surface area contributed by atoms with Gasteiger partial charge in [0.2, 0.25) is 0 Å². The van der Waals surface area contributed by atoms with Crippen LogP contribution in [0.1, 0.15) is 30.9 Å². The number of benzene rings is 1. The first-order valence-corrected chi connectivity index (χ1v) is 7.04. The van der Waals surface area contributed by atoms with E-state index >= 15 is 0 Å². The first kappa shape index (κ1) is 16.2. The second-order valence-electron chi connectivity index (χ2n) is 5.43. The summed E-state index contributed by atoms with van der Waals surface area (Å²) in [6.45, 7) is 3.77. The third kappa shape index (κ3) is 4.41. The maximum Gasteiger partial charge on any atom is 0.419 e. The van der Waals surface area contributed by atoms with Crippen LogP contribution in [0.15, 0.2) is 18.2 Å². The molecule has 2 nitrogen and oxygen atoms in total. The van der Waals surface area contributed by atoms with E-state index in [-0.39, 0.29) is 6.04 Å². The second kappa shape index (κ2) is 6.75. The Balaban J connectivity index is 1.96. The molecule has 1 aromatic rings. The van der Waals surface area contributed by atoms with E-state index in [2.05, 4.69) is 5.32 Å². The Bertz CT molecular complexity index is 469. The fourth-order valence-corrected chi connectivity index (χ4v) is 2.56. The van der Waals surface area contributed by atoms with Gasteiger partial charge in [0, 0.05) is 25.8 Å². The fourth-order valence-electron chi connectivity index (χ4n) is 2.56. The Morgan fingerprint density at radius 2 is 1.95 bits per heavy atom. The topological polar surface area (TPSA) is 21.3 Å². The normalized spacial score (nSPS) is 18.7. The number of hydrogen-bond acceptors (Lipinski definition) is 2. The number of halogens is 4. The maximum atomic E-state index is 13.2. The first-order chi connectivity index (χ1) is 9.88. The molecule has 0 aliphatic carbocycles. The molecule has 1 aliphatic rings. The minimum atomic E-state index is -4.66. The lowest BCUT2D eigenvalue weighted by atomic mass is 9.93. The van der Waals surface area contributed by atoms with Crippen LogP contribution in [0.5, 0.6) is 0 Å². The van der Waals surface area contributed by atoms with Gasteiger partial charge in [0.25, 0.3) is 0 Å². The van der Waals surface area contributed by atoms with Crippen LogP contribution in [0.3, 0.4) is 0 Å². The lowest BCUT2D eigenvalue weighted by Crippen LogP contribution is -2.36. The van der Waals surface area contributed by atoms with Crippen LogP contribution in [0, 0.1) is 11.7 Å². The summed E-state index contributed by atoms with van der Waals surface area (Å²) < 4.78 is 56.4. The Morgan fingerprint density at radius 1 is 1.29 bits per heavy atom. The van der Waals surface area contributed by atoms with Crippen molar-refractivity contribution in [1.29, 1.82) is 0 Å². The smallest absolute Gasteiger partial charge is 0.381 e. The molecule has 1 aromatic carbocycles. The van der Waals surface area contributed by atoms with Crippen molar-refractivity contribution in [3.63, 3.8) is 0 Å². The minimum absolute atomic E-state index is 0.188. The summed E-state index contributed by atoms with van der Waals surface area (Å²) in [4.78, 5) is 0. The zero-order chi connectivity index (χ0) is 15.5. The van der Waals surface area contributed by atoms with E-state index in [0.717, 1.165) is 38.2 Å². The summed E-state index contributed by atoms with van der Waals surface area (Å²) >= 11 is 0. The molecule has 2 rings (SSSR count). The van der Waals surface area contributed by atoms with Gasteiger partial charge in [-0.3, -0.25) is 0 Å². The van der Waals surface area contributed by atoms with Crippen LogP contribution < -0.4 is 5.32 Å². The van der Waals surface area contributed by atoms with Crippen LogP contribution in [-0.4, -0.2) is 19.3 Å². The van der Waals surface area contributed by atoms with E-state index in [0.29, 0.717) is 18.0 Å². The lowest BCUT2D eigenvalue weighted by molar-refractivity contribution is -0.140. The molecule has 1 heterocycles. The molecule has 1 atom stereocenters. The van der Waals surface area contributed by atoms with E-state index in [1.165, 1.54) is 6.07 Å². The maximum absolute atomic E-state index is 13.2. The van der Waals surface area contributed by atoms with Gasteiger partial charge in [-0.05, 0) is 43.4 Å².